The summed E-state index contributed by atoms with van der Waals surface area (Å²) in [5, 5.41) is 3.37. The van der Waals surface area contributed by atoms with Crippen LogP contribution in [-0.4, -0.2) is 13.1 Å². The lowest BCUT2D eigenvalue weighted by molar-refractivity contribution is 0.618. The molecule has 0 aliphatic carbocycles. The molecule has 0 unspecified atom stereocenters. The predicted molar refractivity (Wildman–Crippen MR) is 72.6 cm³/mol. The Morgan fingerprint density at radius 2 is 2.12 bits per heavy atom. The molecule has 94 valence electrons. The zero-order valence-electron chi connectivity index (χ0n) is 11.0. The van der Waals surface area contributed by atoms with Crippen molar-refractivity contribution in [1.29, 1.82) is 0 Å². The summed E-state index contributed by atoms with van der Waals surface area (Å²) in [4.78, 5) is 0. The largest absolute Gasteiger partial charge is 0.313 e. The van der Waals surface area contributed by atoms with E-state index >= 15 is 0 Å². The van der Waals surface area contributed by atoms with Crippen molar-refractivity contribution in [2.45, 2.75) is 33.6 Å². The summed E-state index contributed by atoms with van der Waals surface area (Å²) in [5.74, 6) is -0.129. The number of hydrogen-bond acceptors (Lipinski definition) is 1. The van der Waals surface area contributed by atoms with Gasteiger partial charge in [0.15, 0.2) is 0 Å². The van der Waals surface area contributed by atoms with Crippen LogP contribution in [0.25, 0.3) is 6.08 Å². The van der Waals surface area contributed by atoms with Gasteiger partial charge in [-0.1, -0.05) is 37.6 Å². The van der Waals surface area contributed by atoms with Gasteiger partial charge in [0.2, 0.25) is 0 Å². The summed E-state index contributed by atoms with van der Waals surface area (Å²) in [6, 6.07) is 5.40. The Hall–Kier alpha value is -1.15. The topological polar surface area (TPSA) is 12.0 Å². The Morgan fingerprint density at radius 3 is 2.71 bits per heavy atom. The van der Waals surface area contributed by atoms with Gasteiger partial charge in [-0.05, 0) is 43.5 Å². The Morgan fingerprint density at radius 1 is 1.35 bits per heavy atom. The smallest absolute Gasteiger partial charge is 0.126 e. The molecule has 0 aliphatic rings. The monoisotopic (exact) mass is 235 g/mol. The molecule has 1 N–H and O–H groups in total. The van der Waals surface area contributed by atoms with Gasteiger partial charge in [0.25, 0.3) is 0 Å². The Balaban J connectivity index is 2.72. The summed E-state index contributed by atoms with van der Waals surface area (Å²) < 4.78 is 13.4. The van der Waals surface area contributed by atoms with Crippen LogP contribution >= 0.6 is 0 Å². The molecule has 0 bridgehead atoms. The molecule has 1 aromatic rings. The van der Waals surface area contributed by atoms with Crippen LogP contribution in [0.4, 0.5) is 4.39 Å². The zero-order valence-corrected chi connectivity index (χ0v) is 11.0. The van der Waals surface area contributed by atoms with Gasteiger partial charge in [-0.2, -0.15) is 0 Å². The molecule has 0 aromatic heterocycles. The maximum Gasteiger partial charge on any atom is 0.126 e. The molecule has 1 rings (SSSR count). The van der Waals surface area contributed by atoms with Gasteiger partial charge in [0.1, 0.15) is 5.82 Å². The molecule has 0 heterocycles. The van der Waals surface area contributed by atoms with Crippen LogP contribution in [0.2, 0.25) is 0 Å². The van der Waals surface area contributed by atoms with Crippen LogP contribution in [0.5, 0.6) is 0 Å². The summed E-state index contributed by atoms with van der Waals surface area (Å²) in [6.07, 6.45) is 4.20. The van der Waals surface area contributed by atoms with Gasteiger partial charge in [-0.3, -0.25) is 0 Å². The highest BCUT2D eigenvalue weighted by Crippen LogP contribution is 2.13. The third-order valence-electron chi connectivity index (χ3n) is 2.80. The average Bonchev–Trinajstić information content (AvgIpc) is 2.32. The van der Waals surface area contributed by atoms with Gasteiger partial charge >= 0.3 is 0 Å². The van der Waals surface area contributed by atoms with Gasteiger partial charge in [-0.25, -0.2) is 4.39 Å². The molecule has 0 saturated heterocycles. The fraction of sp³-hybridized carbons (Fsp3) is 0.467. The Bertz CT molecular complexity index is 383. The molecule has 0 spiro atoms. The van der Waals surface area contributed by atoms with E-state index < -0.39 is 0 Å². The first kappa shape index (κ1) is 13.9. The van der Waals surface area contributed by atoms with E-state index in [1.807, 2.05) is 12.1 Å². The summed E-state index contributed by atoms with van der Waals surface area (Å²) >= 11 is 0. The highest BCUT2D eigenvalue weighted by molar-refractivity contribution is 5.53. The van der Waals surface area contributed by atoms with E-state index in [0.717, 1.165) is 31.5 Å². The second-order valence-electron chi connectivity index (χ2n) is 4.34. The lowest BCUT2D eigenvalue weighted by atomic mass is 10.1. The van der Waals surface area contributed by atoms with E-state index in [1.54, 1.807) is 13.0 Å². The minimum atomic E-state index is -0.129. The molecule has 0 radical (unpaired) electrons. The first-order valence-electron chi connectivity index (χ1n) is 6.33. The van der Waals surface area contributed by atoms with Crippen LogP contribution in [0.15, 0.2) is 23.8 Å². The summed E-state index contributed by atoms with van der Waals surface area (Å²) in [5.41, 5.74) is 2.95. The van der Waals surface area contributed by atoms with Crippen molar-refractivity contribution in [1.82, 2.24) is 5.32 Å². The summed E-state index contributed by atoms with van der Waals surface area (Å²) in [6.45, 7) is 7.98. The summed E-state index contributed by atoms with van der Waals surface area (Å²) in [7, 11) is 0. The van der Waals surface area contributed by atoms with Crippen LogP contribution in [-0.2, 0) is 0 Å². The SMILES string of the molecule is CCCNCC(=Cc1ccc(C)c(F)c1)CC. The van der Waals surface area contributed by atoms with Crippen molar-refractivity contribution >= 4 is 6.08 Å². The lowest BCUT2D eigenvalue weighted by Crippen LogP contribution is -2.17. The molecule has 1 nitrogen and oxygen atoms in total. The normalized spacial score (nSPS) is 11.9. The minimum absolute atomic E-state index is 0.129. The third kappa shape index (κ3) is 4.70. The van der Waals surface area contributed by atoms with E-state index in [9.17, 15) is 4.39 Å². The maximum absolute atomic E-state index is 13.4. The number of nitrogens with one attached hydrogen (secondary N) is 1. The van der Waals surface area contributed by atoms with Crippen LogP contribution in [0.1, 0.15) is 37.8 Å². The fourth-order valence-electron chi connectivity index (χ4n) is 1.64. The molecule has 1 aromatic carbocycles. The van der Waals surface area contributed by atoms with Gasteiger partial charge in [0, 0.05) is 6.54 Å². The van der Waals surface area contributed by atoms with Gasteiger partial charge in [0.05, 0.1) is 0 Å². The zero-order chi connectivity index (χ0) is 12.7. The Kier molecular flexibility index (Phi) is 5.92. The molecule has 2 heteroatoms. The Labute approximate surface area is 104 Å². The first-order valence-corrected chi connectivity index (χ1v) is 6.33. The van der Waals surface area contributed by atoms with Crippen molar-refractivity contribution in [2.75, 3.05) is 13.1 Å². The van der Waals surface area contributed by atoms with Crippen LogP contribution < -0.4 is 5.32 Å². The third-order valence-corrected chi connectivity index (χ3v) is 2.80. The van der Waals surface area contributed by atoms with Gasteiger partial charge < -0.3 is 5.32 Å². The molecule has 0 amide bonds. The van der Waals surface area contributed by atoms with E-state index in [2.05, 4.69) is 25.2 Å². The van der Waals surface area contributed by atoms with E-state index in [1.165, 1.54) is 5.57 Å². The number of hydrogen-bond donors (Lipinski definition) is 1. The minimum Gasteiger partial charge on any atom is -0.313 e. The van der Waals surface area contributed by atoms with Gasteiger partial charge in [-0.15, -0.1) is 0 Å². The molecule has 0 aliphatic heterocycles. The molecular formula is C15H22FN. The van der Waals surface area contributed by atoms with Crippen molar-refractivity contribution < 1.29 is 4.39 Å². The lowest BCUT2D eigenvalue weighted by Gasteiger charge is -2.07. The van der Waals surface area contributed by atoms with Crippen molar-refractivity contribution in [2.24, 2.45) is 0 Å². The molecular weight excluding hydrogens is 213 g/mol. The molecule has 0 atom stereocenters. The van der Waals surface area contributed by atoms with Crippen molar-refractivity contribution in [3.8, 4) is 0 Å². The standard InChI is InChI=1S/C15H22FN/c1-4-8-17-11-13(5-2)9-14-7-6-12(3)15(16)10-14/h6-7,9-10,17H,4-5,8,11H2,1-3H3. The maximum atomic E-state index is 13.4. The number of benzene rings is 1. The number of halogens is 1. The number of aryl methyl sites for hydroxylation is 1. The van der Waals surface area contributed by atoms with E-state index in [-0.39, 0.29) is 5.82 Å². The predicted octanol–water partition coefficient (Wildman–Crippen LogP) is 3.93. The van der Waals surface area contributed by atoms with Crippen LogP contribution in [0, 0.1) is 12.7 Å². The quantitative estimate of drug-likeness (QED) is 0.737. The molecule has 0 fully saturated rings. The van der Waals surface area contributed by atoms with Crippen LogP contribution in [0.3, 0.4) is 0 Å². The first-order chi connectivity index (χ1) is 8.17. The average molecular weight is 235 g/mol. The second kappa shape index (κ2) is 7.23. The fourth-order valence-corrected chi connectivity index (χ4v) is 1.64. The highest BCUT2D eigenvalue weighted by atomic mass is 19.1. The molecule has 0 saturated carbocycles. The van der Waals surface area contributed by atoms with E-state index in [0.29, 0.717) is 5.56 Å². The highest BCUT2D eigenvalue weighted by Gasteiger charge is 1.99. The van der Waals surface area contributed by atoms with Crippen molar-refractivity contribution in [3.05, 3.63) is 40.7 Å². The molecule has 17 heavy (non-hydrogen) atoms. The second-order valence-corrected chi connectivity index (χ2v) is 4.34. The number of rotatable bonds is 6. The van der Waals surface area contributed by atoms with Crippen molar-refractivity contribution in [3.63, 3.8) is 0 Å². The van der Waals surface area contributed by atoms with E-state index in [4.69, 9.17) is 0 Å².